The molecule has 66 valence electrons. The van der Waals surface area contributed by atoms with Crippen molar-refractivity contribution in [1.82, 2.24) is 4.98 Å². The number of benzene rings is 1. The molecule has 1 aromatic carbocycles. The van der Waals surface area contributed by atoms with Crippen molar-refractivity contribution in [3.05, 3.63) is 34.7 Å². The molecule has 0 spiro atoms. The average Bonchev–Trinajstić information content (AvgIpc) is 2.42. The van der Waals surface area contributed by atoms with Gasteiger partial charge in [0.25, 0.3) is 0 Å². The van der Waals surface area contributed by atoms with Gasteiger partial charge >= 0.3 is 0 Å². The minimum atomic E-state index is -0.358. The Kier molecular flexibility index (Phi) is 1.81. The summed E-state index contributed by atoms with van der Waals surface area (Å²) in [5.74, 6) is -0.358. The molecule has 1 heterocycles. The molecule has 0 bridgehead atoms. The predicted molar refractivity (Wildman–Crippen MR) is 48.7 cm³/mol. The maximum atomic E-state index is 12.7. The van der Waals surface area contributed by atoms with Crippen molar-refractivity contribution >= 4 is 28.8 Å². The van der Waals surface area contributed by atoms with Gasteiger partial charge in [0.15, 0.2) is 6.29 Å². The Bertz CT molecular complexity index is 478. The molecule has 0 radical (unpaired) electrons. The van der Waals surface area contributed by atoms with Gasteiger partial charge in [-0.05, 0) is 18.2 Å². The van der Waals surface area contributed by atoms with Gasteiger partial charge in [-0.15, -0.1) is 0 Å². The first kappa shape index (κ1) is 8.26. The van der Waals surface area contributed by atoms with Crippen molar-refractivity contribution in [2.75, 3.05) is 0 Å². The summed E-state index contributed by atoms with van der Waals surface area (Å²) in [5.41, 5.74) is 0.814. The van der Waals surface area contributed by atoms with Crippen LogP contribution in [0, 0.1) is 5.82 Å². The van der Waals surface area contributed by atoms with Crippen molar-refractivity contribution in [1.29, 1.82) is 0 Å². The number of halogens is 2. The Morgan fingerprint density at radius 2 is 2.23 bits per heavy atom. The van der Waals surface area contributed by atoms with Crippen LogP contribution >= 0.6 is 11.6 Å². The summed E-state index contributed by atoms with van der Waals surface area (Å²) in [4.78, 5) is 13.2. The number of carbonyl (C=O) groups excluding carboxylic acids is 1. The van der Waals surface area contributed by atoms with E-state index in [2.05, 4.69) is 4.98 Å². The van der Waals surface area contributed by atoms with Crippen LogP contribution in [0.3, 0.4) is 0 Å². The van der Waals surface area contributed by atoms with E-state index in [4.69, 9.17) is 11.6 Å². The number of aromatic amines is 1. The molecule has 1 aromatic heterocycles. The average molecular weight is 198 g/mol. The molecule has 2 rings (SSSR count). The third-order valence-corrected chi connectivity index (χ3v) is 2.25. The van der Waals surface area contributed by atoms with Crippen LogP contribution in [0.1, 0.15) is 10.5 Å². The molecule has 2 nitrogen and oxygen atoms in total. The summed E-state index contributed by atoms with van der Waals surface area (Å²) in [6.07, 6.45) is 0.611. The van der Waals surface area contributed by atoms with Gasteiger partial charge in [-0.25, -0.2) is 4.39 Å². The van der Waals surface area contributed by atoms with E-state index in [1.807, 2.05) is 0 Å². The minimum absolute atomic E-state index is 0.280. The Labute approximate surface area is 78.3 Å². The van der Waals surface area contributed by atoms with E-state index in [0.717, 1.165) is 0 Å². The molecular weight excluding hydrogens is 193 g/mol. The molecule has 1 N–H and O–H groups in total. The number of aldehydes is 1. The molecule has 0 saturated heterocycles. The first-order valence-corrected chi connectivity index (χ1v) is 4.02. The number of hydrogen-bond donors (Lipinski definition) is 1. The Balaban J connectivity index is 2.83. The summed E-state index contributed by atoms with van der Waals surface area (Å²) < 4.78 is 12.7. The zero-order chi connectivity index (χ0) is 9.42. The number of aromatic nitrogens is 1. The standard InChI is InChI=1S/C9H5ClFNO/c10-9-6-2-1-5(11)3-7(6)12-8(9)4-13/h1-4,12H. The fraction of sp³-hybridized carbons (Fsp3) is 0. The Morgan fingerprint density at radius 3 is 2.92 bits per heavy atom. The first-order chi connectivity index (χ1) is 6.22. The third kappa shape index (κ3) is 1.21. The molecular formula is C9H5ClFNO. The second kappa shape index (κ2) is 2.85. The fourth-order valence-corrected chi connectivity index (χ4v) is 1.49. The smallest absolute Gasteiger partial charge is 0.167 e. The van der Waals surface area contributed by atoms with Gasteiger partial charge in [0.2, 0.25) is 0 Å². The fourth-order valence-electron chi connectivity index (χ4n) is 1.24. The molecule has 0 amide bonds. The predicted octanol–water partition coefficient (Wildman–Crippen LogP) is 2.77. The second-order valence-electron chi connectivity index (χ2n) is 2.66. The van der Waals surface area contributed by atoms with Gasteiger partial charge in [-0.3, -0.25) is 4.79 Å². The molecule has 0 saturated carbocycles. The highest BCUT2D eigenvalue weighted by molar-refractivity contribution is 6.37. The van der Waals surface area contributed by atoms with E-state index in [1.54, 1.807) is 0 Å². The highest BCUT2D eigenvalue weighted by Gasteiger charge is 2.08. The highest BCUT2D eigenvalue weighted by Crippen LogP contribution is 2.26. The lowest BCUT2D eigenvalue weighted by atomic mass is 10.2. The maximum Gasteiger partial charge on any atom is 0.167 e. The van der Waals surface area contributed by atoms with Gasteiger partial charge in [-0.1, -0.05) is 11.6 Å². The van der Waals surface area contributed by atoms with Crippen molar-refractivity contribution < 1.29 is 9.18 Å². The third-order valence-electron chi connectivity index (χ3n) is 1.84. The number of fused-ring (bicyclic) bond motifs is 1. The van der Waals surface area contributed by atoms with Crippen LogP contribution in [0.2, 0.25) is 5.02 Å². The van der Waals surface area contributed by atoms with Crippen LogP contribution < -0.4 is 0 Å². The van der Waals surface area contributed by atoms with Crippen LogP contribution in [0.5, 0.6) is 0 Å². The lowest BCUT2D eigenvalue weighted by molar-refractivity contribution is 0.112. The second-order valence-corrected chi connectivity index (χ2v) is 3.04. The molecule has 0 aliphatic rings. The Morgan fingerprint density at radius 1 is 1.46 bits per heavy atom. The number of nitrogens with one attached hydrogen (secondary N) is 1. The van der Waals surface area contributed by atoms with Gasteiger partial charge < -0.3 is 4.98 Å². The molecule has 13 heavy (non-hydrogen) atoms. The van der Waals surface area contributed by atoms with E-state index in [-0.39, 0.29) is 11.5 Å². The molecule has 0 aliphatic heterocycles. The van der Waals surface area contributed by atoms with E-state index in [9.17, 15) is 9.18 Å². The van der Waals surface area contributed by atoms with E-state index >= 15 is 0 Å². The number of H-pyrrole nitrogens is 1. The lowest BCUT2D eigenvalue weighted by Crippen LogP contribution is -1.77. The highest BCUT2D eigenvalue weighted by atomic mass is 35.5. The summed E-state index contributed by atoms with van der Waals surface area (Å²) in [5, 5.41) is 0.996. The quantitative estimate of drug-likeness (QED) is 0.701. The monoisotopic (exact) mass is 197 g/mol. The van der Waals surface area contributed by atoms with Gasteiger partial charge in [0.05, 0.1) is 16.2 Å². The van der Waals surface area contributed by atoms with Crippen LogP contribution in [0.25, 0.3) is 10.9 Å². The van der Waals surface area contributed by atoms with Crippen LogP contribution in [-0.4, -0.2) is 11.3 Å². The minimum Gasteiger partial charge on any atom is -0.351 e. The lowest BCUT2D eigenvalue weighted by Gasteiger charge is -1.89. The molecule has 0 fully saturated rings. The zero-order valence-electron chi connectivity index (χ0n) is 6.47. The van der Waals surface area contributed by atoms with Crippen molar-refractivity contribution in [3.63, 3.8) is 0 Å². The number of hydrogen-bond acceptors (Lipinski definition) is 1. The summed E-state index contributed by atoms with van der Waals surface area (Å²) in [6.45, 7) is 0. The van der Waals surface area contributed by atoms with Gasteiger partial charge in [0, 0.05) is 5.39 Å². The molecule has 0 unspecified atom stereocenters. The van der Waals surface area contributed by atoms with Crippen LogP contribution in [0.4, 0.5) is 4.39 Å². The van der Waals surface area contributed by atoms with Crippen molar-refractivity contribution in [2.24, 2.45) is 0 Å². The van der Waals surface area contributed by atoms with E-state index in [0.29, 0.717) is 22.2 Å². The largest absolute Gasteiger partial charge is 0.351 e. The number of carbonyl (C=O) groups is 1. The normalized spacial score (nSPS) is 10.6. The van der Waals surface area contributed by atoms with Crippen molar-refractivity contribution in [2.45, 2.75) is 0 Å². The Hall–Kier alpha value is -1.35. The molecule has 0 atom stereocenters. The SMILES string of the molecule is O=Cc1[nH]c2cc(F)ccc2c1Cl. The van der Waals surface area contributed by atoms with Gasteiger partial charge in [-0.2, -0.15) is 0 Å². The van der Waals surface area contributed by atoms with Gasteiger partial charge in [0.1, 0.15) is 5.82 Å². The first-order valence-electron chi connectivity index (χ1n) is 3.64. The zero-order valence-corrected chi connectivity index (χ0v) is 7.23. The molecule has 2 aromatic rings. The molecule has 0 aliphatic carbocycles. The summed E-state index contributed by atoms with van der Waals surface area (Å²) in [7, 11) is 0. The summed E-state index contributed by atoms with van der Waals surface area (Å²) >= 11 is 5.82. The van der Waals surface area contributed by atoms with E-state index < -0.39 is 0 Å². The van der Waals surface area contributed by atoms with E-state index in [1.165, 1.54) is 18.2 Å². The molecule has 4 heteroatoms. The maximum absolute atomic E-state index is 12.7. The topological polar surface area (TPSA) is 32.9 Å². The van der Waals surface area contributed by atoms with Crippen LogP contribution in [-0.2, 0) is 0 Å². The summed E-state index contributed by atoms with van der Waals surface area (Å²) in [6, 6.07) is 4.14. The van der Waals surface area contributed by atoms with Crippen molar-refractivity contribution in [3.8, 4) is 0 Å². The number of rotatable bonds is 1. The van der Waals surface area contributed by atoms with Crippen LogP contribution in [0.15, 0.2) is 18.2 Å².